The van der Waals surface area contributed by atoms with Crippen molar-refractivity contribution >= 4 is 11.9 Å². The molecule has 0 atom stereocenters. The normalized spacial score (nSPS) is 11.0. The molecule has 138 valence electrons. The molecule has 26 heavy (non-hydrogen) atoms. The quantitative estimate of drug-likeness (QED) is 0.596. The second-order valence-corrected chi connectivity index (χ2v) is 5.20. The lowest BCUT2D eigenvalue weighted by molar-refractivity contribution is -0.137. The standard InChI is InChI=1S/C18H15F3O5/c1-24-15-10-12(17(23)25-2)5-8-14(15)26-16(22)9-11-3-6-13(7-4-11)18(19,20)21/h3-8,10H,9H2,1-2H3. The van der Waals surface area contributed by atoms with Gasteiger partial charge in [-0.3, -0.25) is 4.79 Å². The van der Waals surface area contributed by atoms with Gasteiger partial charge in [0, 0.05) is 0 Å². The molecule has 5 nitrogen and oxygen atoms in total. The predicted octanol–water partition coefficient (Wildman–Crippen LogP) is 3.65. The zero-order valence-electron chi connectivity index (χ0n) is 13.9. The maximum atomic E-state index is 12.5. The summed E-state index contributed by atoms with van der Waals surface area (Å²) in [6.45, 7) is 0. The van der Waals surface area contributed by atoms with E-state index in [2.05, 4.69) is 4.74 Å². The number of carbonyl (C=O) groups is 2. The maximum absolute atomic E-state index is 12.5. The molecule has 0 aliphatic heterocycles. The van der Waals surface area contributed by atoms with Crippen molar-refractivity contribution in [2.75, 3.05) is 14.2 Å². The van der Waals surface area contributed by atoms with Crippen LogP contribution in [0.4, 0.5) is 13.2 Å². The molecule has 0 aliphatic rings. The SMILES string of the molecule is COC(=O)c1ccc(OC(=O)Cc2ccc(C(F)(F)F)cc2)c(OC)c1. The highest BCUT2D eigenvalue weighted by molar-refractivity contribution is 5.90. The molecule has 0 amide bonds. The number of alkyl halides is 3. The lowest BCUT2D eigenvalue weighted by Gasteiger charge is -2.11. The Kier molecular flexibility index (Phi) is 5.86. The van der Waals surface area contributed by atoms with Gasteiger partial charge in [-0.2, -0.15) is 13.2 Å². The van der Waals surface area contributed by atoms with Crippen molar-refractivity contribution in [1.29, 1.82) is 0 Å². The number of ether oxygens (including phenoxy) is 3. The maximum Gasteiger partial charge on any atom is 0.416 e. The average Bonchev–Trinajstić information content (AvgIpc) is 2.61. The molecule has 0 saturated carbocycles. The first-order valence-electron chi connectivity index (χ1n) is 7.37. The van der Waals surface area contributed by atoms with E-state index in [1.54, 1.807) is 0 Å². The van der Waals surface area contributed by atoms with Crippen LogP contribution in [0.1, 0.15) is 21.5 Å². The van der Waals surface area contributed by atoms with Crippen LogP contribution in [0, 0.1) is 0 Å². The Bertz CT molecular complexity index is 797. The number of hydrogen-bond donors (Lipinski definition) is 0. The third-order valence-electron chi connectivity index (χ3n) is 3.44. The number of benzene rings is 2. The Labute approximate surface area is 147 Å². The van der Waals surface area contributed by atoms with E-state index in [1.807, 2.05) is 0 Å². The fraction of sp³-hybridized carbons (Fsp3) is 0.222. The van der Waals surface area contributed by atoms with Gasteiger partial charge < -0.3 is 14.2 Å². The summed E-state index contributed by atoms with van der Waals surface area (Å²) < 4.78 is 52.4. The van der Waals surface area contributed by atoms with Gasteiger partial charge in [0.15, 0.2) is 11.5 Å². The fourth-order valence-electron chi connectivity index (χ4n) is 2.13. The molecule has 0 fully saturated rings. The molecule has 0 saturated heterocycles. The molecule has 0 spiro atoms. The first-order valence-corrected chi connectivity index (χ1v) is 7.37. The van der Waals surface area contributed by atoms with Crippen LogP contribution in [-0.4, -0.2) is 26.2 Å². The van der Waals surface area contributed by atoms with Gasteiger partial charge in [0.1, 0.15) is 0 Å². The molecule has 2 aromatic rings. The number of hydrogen-bond acceptors (Lipinski definition) is 5. The lowest BCUT2D eigenvalue weighted by Crippen LogP contribution is -2.13. The summed E-state index contributed by atoms with van der Waals surface area (Å²) >= 11 is 0. The highest BCUT2D eigenvalue weighted by Gasteiger charge is 2.30. The summed E-state index contributed by atoms with van der Waals surface area (Å²) in [5.41, 5.74) is -0.213. The summed E-state index contributed by atoms with van der Waals surface area (Å²) in [6, 6.07) is 8.34. The van der Waals surface area contributed by atoms with E-state index in [4.69, 9.17) is 9.47 Å². The third kappa shape index (κ3) is 4.75. The highest BCUT2D eigenvalue weighted by Crippen LogP contribution is 2.30. The second-order valence-electron chi connectivity index (χ2n) is 5.20. The van der Waals surface area contributed by atoms with Gasteiger partial charge in [0.25, 0.3) is 0 Å². The topological polar surface area (TPSA) is 61.8 Å². The molecule has 0 aliphatic carbocycles. The first kappa shape index (κ1) is 19.3. The zero-order valence-corrected chi connectivity index (χ0v) is 13.9. The van der Waals surface area contributed by atoms with E-state index in [1.165, 1.54) is 44.6 Å². The van der Waals surface area contributed by atoms with Gasteiger partial charge in [-0.1, -0.05) is 12.1 Å². The monoisotopic (exact) mass is 368 g/mol. The molecule has 0 aromatic heterocycles. The summed E-state index contributed by atoms with van der Waals surface area (Å²) in [5, 5.41) is 0. The fourth-order valence-corrected chi connectivity index (χ4v) is 2.13. The minimum atomic E-state index is -4.44. The minimum Gasteiger partial charge on any atom is -0.493 e. The van der Waals surface area contributed by atoms with Crippen LogP contribution in [0.2, 0.25) is 0 Å². The van der Waals surface area contributed by atoms with Gasteiger partial charge in [-0.05, 0) is 35.9 Å². The molecule has 0 bridgehead atoms. The van der Waals surface area contributed by atoms with Crippen molar-refractivity contribution < 1.29 is 37.0 Å². The number of esters is 2. The van der Waals surface area contributed by atoms with Gasteiger partial charge >= 0.3 is 18.1 Å². The molecule has 8 heteroatoms. The number of rotatable bonds is 5. The van der Waals surface area contributed by atoms with E-state index < -0.39 is 23.7 Å². The molecule has 0 radical (unpaired) electrons. The molecule has 0 heterocycles. The number of carbonyl (C=O) groups excluding carboxylic acids is 2. The van der Waals surface area contributed by atoms with Crippen molar-refractivity contribution in [2.45, 2.75) is 12.6 Å². The summed E-state index contributed by atoms with van der Waals surface area (Å²) in [6.07, 6.45) is -4.66. The van der Waals surface area contributed by atoms with Crippen molar-refractivity contribution in [2.24, 2.45) is 0 Å². The molecule has 2 aromatic carbocycles. The second kappa shape index (κ2) is 7.90. The van der Waals surface area contributed by atoms with E-state index in [0.29, 0.717) is 5.56 Å². The summed E-state index contributed by atoms with van der Waals surface area (Å²) in [5.74, 6) is -1.04. The van der Waals surface area contributed by atoms with Crippen LogP contribution < -0.4 is 9.47 Å². The molecule has 2 rings (SSSR count). The molecule has 0 N–H and O–H groups in total. The highest BCUT2D eigenvalue weighted by atomic mass is 19.4. The van der Waals surface area contributed by atoms with Crippen molar-refractivity contribution in [3.05, 3.63) is 59.2 Å². The van der Waals surface area contributed by atoms with Crippen molar-refractivity contribution in [3.8, 4) is 11.5 Å². The lowest BCUT2D eigenvalue weighted by atomic mass is 10.1. The van der Waals surface area contributed by atoms with Crippen LogP contribution in [0.3, 0.4) is 0 Å². The van der Waals surface area contributed by atoms with Crippen LogP contribution >= 0.6 is 0 Å². The van der Waals surface area contributed by atoms with Gasteiger partial charge in [0.05, 0.1) is 31.8 Å². The Morgan fingerprint density at radius 3 is 2.15 bits per heavy atom. The largest absolute Gasteiger partial charge is 0.493 e. The first-order chi connectivity index (χ1) is 12.2. The van der Waals surface area contributed by atoms with E-state index in [0.717, 1.165) is 12.1 Å². The van der Waals surface area contributed by atoms with Crippen molar-refractivity contribution in [3.63, 3.8) is 0 Å². The molecular formula is C18H15F3O5. The Morgan fingerprint density at radius 2 is 1.62 bits per heavy atom. The van der Waals surface area contributed by atoms with Crippen LogP contribution in [0.5, 0.6) is 11.5 Å². The van der Waals surface area contributed by atoms with Crippen LogP contribution in [0.15, 0.2) is 42.5 Å². The zero-order chi connectivity index (χ0) is 19.3. The third-order valence-corrected chi connectivity index (χ3v) is 3.44. The molecule has 0 unspecified atom stereocenters. The summed E-state index contributed by atoms with van der Waals surface area (Å²) in [4.78, 5) is 23.5. The Hall–Kier alpha value is -3.03. The predicted molar refractivity (Wildman–Crippen MR) is 85.1 cm³/mol. The van der Waals surface area contributed by atoms with E-state index in [-0.39, 0.29) is 23.5 Å². The Morgan fingerprint density at radius 1 is 0.962 bits per heavy atom. The number of methoxy groups -OCH3 is 2. The van der Waals surface area contributed by atoms with Gasteiger partial charge in [-0.25, -0.2) is 4.79 Å². The van der Waals surface area contributed by atoms with Gasteiger partial charge in [-0.15, -0.1) is 0 Å². The summed E-state index contributed by atoms with van der Waals surface area (Å²) in [7, 11) is 2.57. The number of halogens is 3. The minimum absolute atomic E-state index is 0.0806. The average molecular weight is 368 g/mol. The van der Waals surface area contributed by atoms with Crippen LogP contribution in [-0.2, 0) is 22.1 Å². The Balaban J connectivity index is 2.09. The van der Waals surface area contributed by atoms with Crippen LogP contribution in [0.25, 0.3) is 0 Å². The smallest absolute Gasteiger partial charge is 0.416 e. The van der Waals surface area contributed by atoms with Gasteiger partial charge in [0.2, 0.25) is 0 Å². The molecular weight excluding hydrogens is 353 g/mol. The van der Waals surface area contributed by atoms with E-state index in [9.17, 15) is 22.8 Å². The van der Waals surface area contributed by atoms with Crippen molar-refractivity contribution in [1.82, 2.24) is 0 Å². The van der Waals surface area contributed by atoms with E-state index >= 15 is 0 Å².